The molecule has 0 spiro atoms. The maximum atomic E-state index is 12.1. The van der Waals surface area contributed by atoms with E-state index in [0.29, 0.717) is 12.5 Å². The van der Waals surface area contributed by atoms with Crippen LogP contribution >= 0.6 is 11.6 Å². The summed E-state index contributed by atoms with van der Waals surface area (Å²) in [5, 5.41) is -0.131. The molecule has 6 nitrogen and oxygen atoms in total. The van der Waals surface area contributed by atoms with Crippen LogP contribution in [0, 0.1) is 5.92 Å². The first-order valence-electron chi connectivity index (χ1n) is 6.95. The van der Waals surface area contributed by atoms with E-state index in [1.807, 2.05) is 0 Å². The molecule has 1 aliphatic heterocycles. The summed E-state index contributed by atoms with van der Waals surface area (Å²) in [7, 11) is -1.53. The Morgan fingerprint density at radius 2 is 2.10 bits per heavy atom. The largest absolute Gasteiger partial charge is 0.326 e. The summed E-state index contributed by atoms with van der Waals surface area (Å²) in [5.74, 6) is 0.558. The van der Waals surface area contributed by atoms with Crippen LogP contribution in [-0.2, 0) is 10.0 Å². The molecular weight excluding hydrogens is 314 g/mol. The molecule has 1 fully saturated rings. The van der Waals surface area contributed by atoms with Gasteiger partial charge >= 0.3 is 0 Å². The minimum absolute atomic E-state index is 0.0181. The summed E-state index contributed by atoms with van der Waals surface area (Å²) in [6, 6.07) is 1.16. The molecule has 8 heteroatoms. The maximum Gasteiger partial charge on any atom is 0.266 e. The van der Waals surface area contributed by atoms with Crippen LogP contribution in [0.25, 0.3) is 0 Å². The van der Waals surface area contributed by atoms with Crippen LogP contribution < -0.4 is 10.3 Å². The first-order chi connectivity index (χ1) is 9.88. The first-order valence-corrected chi connectivity index (χ1v) is 8.81. The number of rotatable bonds is 5. The molecule has 1 aliphatic rings. The van der Waals surface area contributed by atoms with Crippen LogP contribution in [0.3, 0.4) is 0 Å². The number of hydrogen-bond donors (Lipinski definition) is 2. The van der Waals surface area contributed by atoms with Crippen molar-refractivity contribution in [3.63, 3.8) is 0 Å². The van der Waals surface area contributed by atoms with Crippen molar-refractivity contribution in [1.29, 1.82) is 0 Å². The Morgan fingerprint density at radius 3 is 2.71 bits per heavy atom. The Labute approximate surface area is 129 Å². The molecule has 118 valence electrons. The lowest BCUT2D eigenvalue weighted by Gasteiger charge is -2.28. The number of hydrogen-bond acceptors (Lipinski definition) is 4. The van der Waals surface area contributed by atoms with E-state index in [0.717, 1.165) is 44.6 Å². The van der Waals surface area contributed by atoms with Crippen molar-refractivity contribution in [2.24, 2.45) is 5.92 Å². The molecule has 0 aromatic carbocycles. The Balaban J connectivity index is 1.89. The summed E-state index contributed by atoms with van der Waals surface area (Å²) in [4.78, 5) is 15.7. The van der Waals surface area contributed by atoms with Gasteiger partial charge in [-0.25, -0.2) is 13.1 Å². The number of aromatic nitrogens is 1. The van der Waals surface area contributed by atoms with E-state index in [-0.39, 0.29) is 9.92 Å². The third-order valence-electron chi connectivity index (χ3n) is 3.82. The van der Waals surface area contributed by atoms with E-state index in [9.17, 15) is 13.2 Å². The molecule has 1 aromatic rings. The molecule has 0 unspecified atom stereocenters. The fraction of sp³-hybridized carbons (Fsp3) is 0.615. The van der Waals surface area contributed by atoms with Crippen molar-refractivity contribution >= 4 is 21.6 Å². The van der Waals surface area contributed by atoms with Gasteiger partial charge in [-0.2, -0.15) is 0 Å². The number of pyridine rings is 1. The zero-order valence-corrected chi connectivity index (χ0v) is 13.5. The van der Waals surface area contributed by atoms with Crippen LogP contribution in [0.1, 0.15) is 19.3 Å². The van der Waals surface area contributed by atoms with E-state index < -0.39 is 15.6 Å². The Bertz CT molecular complexity index is 636. The quantitative estimate of drug-likeness (QED) is 0.843. The highest BCUT2D eigenvalue weighted by Crippen LogP contribution is 2.19. The maximum absolute atomic E-state index is 12.1. The smallest absolute Gasteiger partial charge is 0.266 e. The highest BCUT2D eigenvalue weighted by molar-refractivity contribution is 7.89. The minimum atomic E-state index is -3.63. The van der Waals surface area contributed by atoms with E-state index >= 15 is 0 Å². The second-order valence-corrected chi connectivity index (χ2v) is 7.62. The Kier molecular flexibility index (Phi) is 5.43. The van der Waals surface area contributed by atoms with Gasteiger partial charge in [-0.05, 0) is 51.4 Å². The number of H-pyrrole nitrogens is 1. The molecule has 1 saturated heterocycles. The summed E-state index contributed by atoms with van der Waals surface area (Å²) < 4.78 is 26.7. The van der Waals surface area contributed by atoms with Crippen LogP contribution in [0.4, 0.5) is 0 Å². The van der Waals surface area contributed by atoms with Crippen molar-refractivity contribution in [3.05, 3.63) is 27.6 Å². The lowest BCUT2D eigenvalue weighted by Crippen LogP contribution is -2.32. The third-order valence-corrected chi connectivity index (χ3v) is 5.55. The van der Waals surface area contributed by atoms with Crippen LogP contribution in [0.2, 0.25) is 5.02 Å². The van der Waals surface area contributed by atoms with Gasteiger partial charge < -0.3 is 9.88 Å². The predicted molar refractivity (Wildman–Crippen MR) is 82.1 cm³/mol. The van der Waals surface area contributed by atoms with E-state index in [1.54, 1.807) is 0 Å². The third kappa shape index (κ3) is 4.54. The topological polar surface area (TPSA) is 82.3 Å². The molecule has 0 bridgehead atoms. The highest BCUT2D eigenvalue weighted by atomic mass is 35.5. The number of nitrogens with one attached hydrogen (secondary N) is 2. The minimum Gasteiger partial charge on any atom is -0.326 e. The van der Waals surface area contributed by atoms with Gasteiger partial charge in [0.25, 0.3) is 5.56 Å². The number of nitrogens with zero attached hydrogens (tertiary/aromatic N) is 1. The molecule has 1 aromatic heterocycles. The summed E-state index contributed by atoms with van der Waals surface area (Å²) in [6.07, 6.45) is 4.18. The van der Waals surface area contributed by atoms with Crippen LogP contribution in [0.15, 0.2) is 22.0 Å². The van der Waals surface area contributed by atoms with E-state index in [1.165, 1.54) is 0 Å². The molecule has 2 N–H and O–H groups in total. The van der Waals surface area contributed by atoms with Crippen LogP contribution in [0.5, 0.6) is 0 Å². The summed E-state index contributed by atoms with van der Waals surface area (Å²) >= 11 is 5.65. The summed E-state index contributed by atoms with van der Waals surface area (Å²) in [6.45, 7) is 2.52. The van der Waals surface area contributed by atoms with Gasteiger partial charge in [-0.15, -0.1) is 0 Å². The zero-order chi connectivity index (χ0) is 15.5. The Hall–Kier alpha value is -0.890. The Morgan fingerprint density at radius 1 is 1.43 bits per heavy atom. The van der Waals surface area contributed by atoms with Crippen molar-refractivity contribution in [2.75, 3.05) is 26.7 Å². The number of likely N-dealkylation sites (tertiary alicyclic amines) is 1. The van der Waals surface area contributed by atoms with Gasteiger partial charge in [0.2, 0.25) is 10.0 Å². The zero-order valence-electron chi connectivity index (χ0n) is 11.9. The van der Waals surface area contributed by atoms with Crippen molar-refractivity contribution in [1.82, 2.24) is 14.6 Å². The molecule has 0 aliphatic carbocycles. The number of aromatic amines is 1. The average Bonchev–Trinajstić information content (AvgIpc) is 2.44. The number of sulfonamides is 1. The lowest BCUT2D eigenvalue weighted by molar-refractivity contribution is 0.213. The second kappa shape index (κ2) is 6.91. The van der Waals surface area contributed by atoms with E-state index in [2.05, 4.69) is 21.7 Å². The molecule has 21 heavy (non-hydrogen) atoms. The molecule has 2 rings (SSSR count). The molecule has 2 heterocycles. The average molecular weight is 334 g/mol. The fourth-order valence-corrected chi connectivity index (χ4v) is 3.70. The van der Waals surface area contributed by atoms with Gasteiger partial charge in [-0.3, -0.25) is 4.79 Å². The fourth-order valence-electron chi connectivity index (χ4n) is 2.42. The number of halogens is 1. The van der Waals surface area contributed by atoms with Crippen molar-refractivity contribution < 1.29 is 8.42 Å². The molecule has 0 amide bonds. The SMILES string of the molecule is CN1CCC(CCNS(=O)(=O)c2c[nH]c(=O)c(Cl)c2)CC1. The van der Waals surface area contributed by atoms with Crippen molar-refractivity contribution in [3.8, 4) is 0 Å². The molecular formula is C13H20ClN3O3S. The second-order valence-electron chi connectivity index (χ2n) is 5.45. The van der Waals surface area contributed by atoms with Gasteiger partial charge in [0, 0.05) is 12.7 Å². The van der Waals surface area contributed by atoms with Crippen LogP contribution in [-0.4, -0.2) is 45.0 Å². The van der Waals surface area contributed by atoms with Crippen molar-refractivity contribution in [2.45, 2.75) is 24.2 Å². The summed E-state index contributed by atoms with van der Waals surface area (Å²) in [5.41, 5.74) is -0.498. The highest BCUT2D eigenvalue weighted by Gasteiger charge is 2.19. The standard InChI is InChI=1S/C13H20ClN3O3S/c1-17-6-3-10(4-7-17)2-5-16-21(19,20)11-8-12(14)13(18)15-9-11/h8-10,16H,2-7H2,1H3,(H,15,18). The van der Waals surface area contributed by atoms with Gasteiger partial charge in [0.15, 0.2) is 0 Å². The number of piperidine rings is 1. The van der Waals surface area contributed by atoms with Gasteiger partial charge in [-0.1, -0.05) is 11.6 Å². The molecule has 0 radical (unpaired) electrons. The van der Waals surface area contributed by atoms with E-state index in [4.69, 9.17) is 11.6 Å². The monoisotopic (exact) mass is 333 g/mol. The molecule has 0 atom stereocenters. The first kappa shape index (κ1) is 16.5. The lowest BCUT2D eigenvalue weighted by atomic mass is 9.94. The molecule has 0 saturated carbocycles. The van der Waals surface area contributed by atoms with Gasteiger partial charge in [0.1, 0.15) is 5.02 Å². The predicted octanol–water partition coefficient (Wildman–Crippen LogP) is 1.04. The van der Waals surface area contributed by atoms with Gasteiger partial charge in [0.05, 0.1) is 4.90 Å². The normalized spacial score (nSPS) is 18.0.